The number of ether oxygens (including phenoxy) is 1. The average molecular weight is 441 g/mol. The molecule has 0 bridgehead atoms. The molecule has 3 rings (SSSR count). The molecular weight excluding hydrogens is 408 g/mol. The van der Waals surface area contributed by atoms with Gasteiger partial charge < -0.3 is 25.3 Å². The number of carbonyl (C=O) groups is 2. The zero-order valence-corrected chi connectivity index (χ0v) is 19.1. The van der Waals surface area contributed by atoms with Crippen LogP contribution in [0.5, 0.6) is 5.75 Å². The normalized spacial score (nSPS) is 14.5. The molecule has 1 aromatic carbocycles. The standard InChI is InChI=1S/C24H32N4O4/c1-15(2)20(25)23(30)26-13-18-12-19(29)22(32-14-17-8-6-5-7-9-17)21-24(31)27(16(3)4)10-11-28(18)21/h5-9,12,15-16,20H,10-11,13-14,25H2,1-4H3,(H,26,30)/t20-/m0/s1. The van der Waals surface area contributed by atoms with Gasteiger partial charge in [0.15, 0.2) is 11.4 Å². The summed E-state index contributed by atoms with van der Waals surface area (Å²) >= 11 is 0. The summed E-state index contributed by atoms with van der Waals surface area (Å²) in [6.07, 6.45) is 0. The highest BCUT2D eigenvalue weighted by atomic mass is 16.5. The second-order valence-corrected chi connectivity index (χ2v) is 8.68. The summed E-state index contributed by atoms with van der Waals surface area (Å²) in [6, 6.07) is 10.3. The number of carbonyl (C=O) groups excluding carboxylic acids is 2. The Morgan fingerprint density at radius 2 is 1.81 bits per heavy atom. The molecule has 172 valence electrons. The lowest BCUT2D eigenvalue weighted by molar-refractivity contribution is -0.123. The van der Waals surface area contributed by atoms with Crippen molar-refractivity contribution in [1.29, 1.82) is 0 Å². The first-order valence-electron chi connectivity index (χ1n) is 11.0. The third-order valence-electron chi connectivity index (χ3n) is 5.70. The first kappa shape index (κ1) is 23.5. The van der Waals surface area contributed by atoms with Gasteiger partial charge in [-0.3, -0.25) is 14.4 Å². The van der Waals surface area contributed by atoms with Crippen LogP contribution in [0.3, 0.4) is 0 Å². The average Bonchev–Trinajstić information content (AvgIpc) is 2.76. The maximum absolute atomic E-state index is 13.3. The topological polar surface area (TPSA) is 107 Å². The number of amides is 2. The van der Waals surface area contributed by atoms with Crippen molar-refractivity contribution in [2.75, 3.05) is 6.54 Å². The molecule has 0 radical (unpaired) electrons. The molecule has 8 heteroatoms. The van der Waals surface area contributed by atoms with Crippen LogP contribution in [0.4, 0.5) is 0 Å². The molecule has 32 heavy (non-hydrogen) atoms. The van der Waals surface area contributed by atoms with E-state index in [1.165, 1.54) is 6.07 Å². The molecule has 2 amide bonds. The highest BCUT2D eigenvalue weighted by Gasteiger charge is 2.32. The van der Waals surface area contributed by atoms with Gasteiger partial charge in [0, 0.05) is 30.9 Å². The van der Waals surface area contributed by atoms with E-state index in [-0.39, 0.29) is 53.8 Å². The first-order chi connectivity index (χ1) is 15.2. The fourth-order valence-corrected chi connectivity index (χ4v) is 3.70. The van der Waals surface area contributed by atoms with Gasteiger partial charge in [0.1, 0.15) is 6.61 Å². The number of nitrogens with zero attached hydrogens (tertiary/aromatic N) is 2. The Morgan fingerprint density at radius 1 is 1.12 bits per heavy atom. The zero-order chi connectivity index (χ0) is 23.4. The predicted octanol–water partition coefficient (Wildman–Crippen LogP) is 1.89. The SMILES string of the molecule is CC(C)[C@H](N)C(=O)NCc1cc(=O)c(OCc2ccccc2)c2n1CCN(C(C)C)C2=O. The Morgan fingerprint density at radius 3 is 2.44 bits per heavy atom. The van der Waals surface area contributed by atoms with E-state index in [1.807, 2.05) is 58.0 Å². The van der Waals surface area contributed by atoms with Gasteiger partial charge in [0.2, 0.25) is 11.3 Å². The number of hydrogen-bond donors (Lipinski definition) is 2. The van der Waals surface area contributed by atoms with Gasteiger partial charge in [-0.2, -0.15) is 0 Å². The van der Waals surface area contributed by atoms with E-state index in [9.17, 15) is 14.4 Å². The molecule has 1 aliphatic rings. The Labute approximate surface area is 188 Å². The van der Waals surface area contributed by atoms with Crippen molar-refractivity contribution < 1.29 is 14.3 Å². The van der Waals surface area contributed by atoms with Gasteiger partial charge in [0.25, 0.3) is 5.91 Å². The molecule has 0 spiro atoms. The quantitative estimate of drug-likeness (QED) is 0.652. The monoisotopic (exact) mass is 440 g/mol. The van der Waals surface area contributed by atoms with Crippen LogP contribution in [0.2, 0.25) is 0 Å². The Bertz CT molecular complexity index is 1030. The van der Waals surface area contributed by atoms with Crippen LogP contribution in [0.25, 0.3) is 0 Å². The third-order valence-corrected chi connectivity index (χ3v) is 5.70. The highest BCUT2D eigenvalue weighted by molar-refractivity contribution is 5.96. The second kappa shape index (κ2) is 9.99. The highest BCUT2D eigenvalue weighted by Crippen LogP contribution is 2.24. The second-order valence-electron chi connectivity index (χ2n) is 8.68. The van der Waals surface area contributed by atoms with E-state index >= 15 is 0 Å². The van der Waals surface area contributed by atoms with Crippen LogP contribution in [-0.2, 0) is 24.5 Å². The van der Waals surface area contributed by atoms with Crippen LogP contribution in [0.1, 0.15) is 49.4 Å². The van der Waals surface area contributed by atoms with Gasteiger partial charge in [0.05, 0.1) is 12.6 Å². The minimum Gasteiger partial charge on any atom is -0.483 e. The Balaban J connectivity index is 1.95. The summed E-state index contributed by atoms with van der Waals surface area (Å²) in [5, 5.41) is 2.79. The smallest absolute Gasteiger partial charge is 0.274 e. The molecule has 1 aromatic heterocycles. The van der Waals surface area contributed by atoms with Gasteiger partial charge in [-0.1, -0.05) is 44.2 Å². The molecule has 2 aromatic rings. The van der Waals surface area contributed by atoms with Crippen molar-refractivity contribution >= 4 is 11.8 Å². The summed E-state index contributed by atoms with van der Waals surface area (Å²) < 4.78 is 7.66. The maximum atomic E-state index is 13.3. The van der Waals surface area contributed by atoms with Gasteiger partial charge in [-0.15, -0.1) is 0 Å². The predicted molar refractivity (Wildman–Crippen MR) is 122 cm³/mol. The van der Waals surface area contributed by atoms with Crippen LogP contribution in [0.15, 0.2) is 41.2 Å². The van der Waals surface area contributed by atoms with Crippen molar-refractivity contribution in [2.24, 2.45) is 11.7 Å². The molecule has 0 aliphatic carbocycles. The van der Waals surface area contributed by atoms with Crippen molar-refractivity contribution in [3.63, 3.8) is 0 Å². The van der Waals surface area contributed by atoms with E-state index in [2.05, 4.69) is 5.32 Å². The molecule has 0 saturated carbocycles. The van der Waals surface area contributed by atoms with Crippen molar-refractivity contribution in [1.82, 2.24) is 14.8 Å². The van der Waals surface area contributed by atoms with E-state index in [0.29, 0.717) is 18.8 Å². The lowest BCUT2D eigenvalue weighted by atomic mass is 10.1. The van der Waals surface area contributed by atoms with Crippen LogP contribution in [-0.4, -0.2) is 39.9 Å². The van der Waals surface area contributed by atoms with Crippen molar-refractivity contribution in [2.45, 2.75) is 59.5 Å². The molecule has 3 N–H and O–H groups in total. The first-order valence-corrected chi connectivity index (χ1v) is 11.0. The van der Waals surface area contributed by atoms with Gasteiger partial charge >= 0.3 is 0 Å². The summed E-state index contributed by atoms with van der Waals surface area (Å²) in [7, 11) is 0. The molecular formula is C24H32N4O4. The van der Waals surface area contributed by atoms with Crippen LogP contribution in [0, 0.1) is 5.92 Å². The third kappa shape index (κ3) is 5.02. The number of hydrogen-bond acceptors (Lipinski definition) is 5. The lowest BCUT2D eigenvalue weighted by Crippen LogP contribution is -2.47. The summed E-state index contributed by atoms with van der Waals surface area (Å²) in [5.41, 5.74) is 7.22. The lowest BCUT2D eigenvalue weighted by Gasteiger charge is -2.35. The number of benzene rings is 1. The Hall–Kier alpha value is -3.13. The van der Waals surface area contributed by atoms with E-state index in [1.54, 1.807) is 9.47 Å². The van der Waals surface area contributed by atoms with Gasteiger partial charge in [-0.05, 0) is 25.3 Å². The number of nitrogens with one attached hydrogen (secondary N) is 1. The van der Waals surface area contributed by atoms with Crippen LogP contribution >= 0.6 is 0 Å². The minimum atomic E-state index is -0.644. The number of fused-ring (bicyclic) bond motifs is 1. The maximum Gasteiger partial charge on any atom is 0.274 e. The number of pyridine rings is 1. The number of rotatable bonds is 8. The van der Waals surface area contributed by atoms with E-state index in [0.717, 1.165) is 5.56 Å². The number of nitrogens with two attached hydrogens (primary N) is 1. The van der Waals surface area contributed by atoms with Crippen LogP contribution < -0.4 is 21.2 Å². The zero-order valence-electron chi connectivity index (χ0n) is 19.1. The molecule has 0 unspecified atom stereocenters. The largest absolute Gasteiger partial charge is 0.483 e. The summed E-state index contributed by atoms with van der Waals surface area (Å²) in [5.74, 6) is -0.518. The molecule has 0 saturated heterocycles. The van der Waals surface area contributed by atoms with Gasteiger partial charge in [-0.25, -0.2) is 0 Å². The van der Waals surface area contributed by atoms with Crippen molar-refractivity contribution in [3.8, 4) is 5.75 Å². The van der Waals surface area contributed by atoms with Crippen molar-refractivity contribution in [3.05, 3.63) is 63.6 Å². The fourth-order valence-electron chi connectivity index (χ4n) is 3.70. The van der Waals surface area contributed by atoms with E-state index in [4.69, 9.17) is 10.5 Å². The summed E-state index contributed by atoms with van der Waals surface area (Å²) in [6.45, 7) is 8.91. The molecule has 2 heterocycles. The molecule has 1 aliphatic heterocycles. The summed E-state index contributed by atoms with van der Waals surface area (Å²) in [4.78, 5) is 40.3. The molecule has 1 atom stereocenters. The fraction of sp³-hybridized carbons (Fsp3) is 0.458. The Kier molecular flexibility index (Phi) is 7.35. The molecule has 0 fully saturated rings. The number of aromatic nitrogens is 1. The minimum absolute atomic E-state index is 0.0124. The molecule has 8 nitrogen and oxygen atoms in total. The van der Waals surface area contributed by atoms with E-state index < -0.39 is 6.04 Å².